The minimum atomic E-state index is -0.339. The van der Waals surface area contributed by atoms with Gasteiger partial charge in [-0.1, -0.05) is 40.2 Å². The van der Waals surface area contributed by atoms with Gasteiger partial charge in [-0.05, 0) is 50.6 Å². The van der Waals surface area contributed by atoms with Crippen molar-refractivity contribution in [2.45, 2.75) is 32.1 Å². The van der Waals surface area contributed by atoms with Crippen LogP contribution < -0.4 is 10.6 Å². The second kappa shape index (κ2) is 9.24. The van der Waals surface area contributed by atoms with Crippen LogP contribution in [0.3, 0.4) is 0 Å². The molecule has 0 aliphatic carbocycles. The number of anilines is 1. The van der Waals surface area contributed by atoms with Gasteiger partial charge in [0.15, 0.2) is 0 Å². The topological polar surface area (TPSA) is 58.2 Å². The third-order valence-electron chi connectivity index (χ3n) is 3.35. The van der Waals surface area contributed by atoms with Crippen molar-refractivity contribution in [1.29, 1.82) is 0 Å². The van der Waals surface area contributed by atoms with Gasteiger partial charge in [0.2, 0.25) is 5.91 Å². The number of nitrogens with one attached hydrogen (secondary N) is 2. The van der Waals surface area contributed by atoms with Gasteiger partial charge in [-0.3, -0.25) is 9.59 Å². The maximum atomic E-state index is 12.4. The summed E-state index contributed by atoms with van der Waals surface area (Å²) in [6.07, 6.45) is 0. The molecule has 2 amide bonds. The molecule has 0 radical (unpaired) electrons. The molecule has 0 fully saturated rings. The van der Waals surface area contributed by atoms with E-state index in [9.17, 15) is 9.59 Å². The van der Waals surface area contributed by atoms with Gasteiger partial charge >= 0.3 is 0 Å². The average Bonchev–Trinajstić information content (AvgIpc) is 2.55. The lowest BCUT2D eigenvalue weighted by molar-refractivity contribution is -0.113. The first-order valence-electron chi connectivity index (χ1n) is 8.28. The van der Waals surface area contributed by atoms with E-state index in [1.165, 1.54) is 11.8 Å². The minimum absolute atomic E-state index is 0.122. The van der Waals surface area contributed by atoms with Crippen molar-refractivity contribution in [3.63, 3.8) is 0 Å². The van der Waals surface area contributed by atoms with Crippen molar-refractivity contribution in [1.82, 2.24) is 5.32 Å². The Morgan fingerprint density at radius 2 is 1.69 bits per heavy atom. The molecule has 2 aromatic carbocycles. The van der Waals surface area contributed by atoms with Crippen LogP contribution >= 0.6 is 27.7 Å². The van der Waals surface area contributed by atoms with E-state index in [0.29, 0.717) is 17.0 Å². The zero-order valence-corrected chi connectivity index (χ0v) is 17.5. The first-order chi connectivity index (χ1) is 12.2. The second-order valence-corrected chi connectivity index (χ2v) is 8.82. The average molecular weight is 435 g/mol. The zero-order chi connectivity index (χ0) is 19.2. The van der Waals surface area contributed by atoms with Crippen molar-refractivity contribution in [3.05, 3.63) is 64.1 Å². The van der Waals surface area contributed by atoms with Gasteiger partial charge in [-0.25, -0.2) is 0 Å². The number of para-hydroxylation sites is 1. The lowest BCUT2D eigenvalue weighted by Crippen LogP contribution is -2.40. The number of carbonyl (C=O) groups excluding carboxylic acids is 2. The Morgan fingerprint density at radius 1 is 1.04 bits per heavy atom. The normalized spacial score (nSPS) is 11.1. The highest BCUT2D eigenvalue weighted by molar-refractivity contribution is 9.10. The third kappa shape index (κ3) is 6.84. The lowest BCUT2D eigenvalue weighted by Gasteiger charge is -2.21. The number of hydrogen-bond donors (Lipinski definition) is 2. The summed E-state index contributed by atoms with van der Waals surface area (Å²) < 4.78 is 1.04. The molecule has 0 aromatic heterocycles. The summed E-state index contributed by atoms with van der Waals surface area (Å²) in [6.45, 7) is 5.76. The van der Waals surface area contributed by atoms with E-state index in [4.69, 9.17) is 0 Å². The van der Waals surface area contributed by atoms with Gasteiger partial charge in [0.25, 0.3) is 5.91 Å². The first-order valence-corrected chi connectivity index (χ1v) is 10.2. The summed E-state index contributed by atoms with van der Waals surface area (Å²) in [5.41, 5.74) is 1.82. The van der Waals surface area contributed by atoms with Crippen LogP contribution in [0.25, 0.3) is 0 Å². The van der Waals surface area contributed by atoms with Crippen molar-refractivity contribution >= 4 is 45.2 Å². The van der Waals surface area contributed by atoms with Gasteiger partial charge in [-0.15, -0.1) is 11.8 Å². The van der Waals surface area contributed by atoms with Crippen molar-refractivity contribution in [3.8, 4) is 0 Å². The van der Waals surface area contributed by atoms with Crippen LogP contribution in [0.4, 0.5) is 5.69 Å². The van der Waals surface area contributed by atoms with E-state index in [1.54, 1.807) is 24.3 Å². The predicted molar refractivity (Wildman–Crippen MR) is 113 cm³/mol. The molecule has 0 aliphatic rings. The molecule has 6 heteroatoms. The molecule has 4 nitrogen and oxygen atoms in total. The van der Waals surface area contributed by atoms with Crippen LogP contribution in [0.5, 0.6) is 0 Å². The molecule has 0 unspecified atom stereocenters. The van der Waals surface area contributed by atoms with E-state index in [2.05, 4.69) is 26.6 Å². The quantitative estimate of drug-likeness (QED) is 0.682. The molecule has 2 N–H and O–H groups in total. The highest BCUT2D eigenvalue weighted by Crippen LogP contribution is 2.19. The maximum Gasteiger partial charge on any atom is 0.253 e. The Balaban J connectivity index is 1.92. The van der Waals surface area contributed by atoms with E-state index >= 15 is 0 Å². The van der Waals surface area contributed by atoms with Crippen LogP contribution in [0.15, 0.2) is 53.0 Å². The van der Waals surface area contributed by atoms with Crippen molar-refractivity contribution < 1.29 is 9.59 Å². The molecule has 26 heavy (non-hydrogen) atoms. The Bertz CT molecular complexity index is 770. The molecule has 0 heterocycles. The molecule has 138 valence electrons. The highest BCUT2D eigenvalue weighted by atomic mass is 79.9. The first kappa shape index (κ1) is 20.5. The van der Waals surface area contributed by atoms with Crippen LogP contribution in [-0.2, 0) is 10.5 Å². The molecule has 0 aliphatic heterocycles. The molecule has 0 bridgehead atoms. The Labute approximate surface area is 167 Å². The SMILES string of the molecule is CC(C)(C)NC(=O)c1ccccc1NC(=O)CSCc1ccc(Br)cc1. The number of hydrogen-bond acceptors (Lipinski definition) is 3. The summed E-state index contributed by atoms with van der Waals surface area (Å²) >= 11 is 4.94. The monoisotopic (exact) mass is 434 g/mol. The smallest absolute Gasteiger partial charge is 0.253 e. The predicted octanol–water partition coefficient (Wildman–Crippen LogP) is 4.85. The molecular formula is C20H23BrN2O2S. The molecule has 0 spiro atoms. The molecular weight excluding hydrogens is 412 g/mol. The van der Waals surface area contributed by atoms with Crippen LogP contribution in [0.2, 0.25) is 0 Å². The van der Waals surface area contributed by atoms with Gasteiger partial charge in [0.1, 0.15) is 0 Å². The molecule has 2 aromatic rings. The largest absolute Gasteiger partial charge is 0.347 e. The van der Waals surface area contributed by atoms with Gasteiger partial charge < -0.3 is 10.6 Å². The van der Waals surface area contributed by atoms with Crippen LogP contribution in [0, 0.1) is 0 Å². The summed E-state index contributed by atoms with van der Waals surface area (Å²) in [5, 5.41) is 5.76. The Kier molecular flexibility index (Phi) is 7.29. The van der Waals surface area contributed by atoms with Gasteiger partial charge in [0, 0.05) is 15.8 Å². The number of carbonyl (C=O) groups is 2. The summed E-state index contributed by atoms with van der Waals surface area (Å²) in [7, 11) is 0. The van der Waals surface area contributed by atoms with E-state index < -0.39 is 0 Å². The third-order valence-corrected chi connectivity index (χ3v) is 4.88. The van der Waals surface area contributed by atoms with Crippen molar-refractivity contribution in [2.75, 3.05) is 11.1 Å². The van der Waals surface area contributed by atoms with Crippen LogP contribution in [0.1, 0.15) is 36.7 Å². The van der Waals surface area contributed by atoms with E-state index in [-0.39, 0.29) is 17.4 Å². The highest BCUT2D eigenvalue weighted by Gasteiger charge is 2.18. The fourth-order valence-corrected chi connectivity index (χ4v) is 3.28. The van der Waals surface area contributed by atoms with E-state index in [0.717, 1.165) is 15.8 Å². The number of halogens is 1. The number of rotatable bonds is 6. The molecule has 2 rings (SSSR count). The summed E-state index contributed by atoms with van der Waals surface area (Å²) in [5.74, 6) is 0.761. The number of thioether (sulfide) groups is 1. The second-order valence-electron chi connectivity index (χ2n) is 6.92. The number of benzene rings is 2. The molecule has 0 saturated heterocycles. The van der Waals surface area contributed by atoms with Crippen LogP contribution in [-0.4, -0.2) is 23.1 Å². The Hall–Kier alpha value is -1.79. The van der Waals surface area contributed by atoms with E-state index in [1.807, 2.05) is 45.0 Å². The standard InChI is InChI=1S/C20H23BrN2O2S/c1-20(2,3)23-19(25)16-6-4-5-7-17(16)22-18(24)13-26-12-14-8-10-15(21)11-9-14/h4-11H,12-13H2,1-3H3,(H,22,24)(H,23,25). The van der Waals surface area contributed by atoms with Gasteiger partial charge in [-0.2, -0.15) is 0 Å². The van der Waals surface area contributed by atoms with Gasteiger partial charge in [0.05, 0.1) is 17.0 Å². The lowest BCUT2D eigenvalue weighted by atomic mass is 10.1. The maximum absolute atomic E-state index is 12.4. The zero-order valence-electron chi connectivity index (χ0n) is 15.1. The minimum Gasteiger partial charge on any atom is -0.347 e. The summed E-state index contributed by atoms with van der Waals surface area (Å²) in [4.78, 5) is 24.7. The Morgan fingerprint density at radius 3 is 2.35 bits per heavy atom. The molecule has 0 atom stereocenters. The molecule has 0 saturated carbocycles. The number of amides is 2. The fourth-order valence-electron chi connectivity index (χ4n) is 2.23. The summed E-state index contributed by atoms with van der Waals surface area (Å²) in [6, 6.07) is 15.1. The van der Waals surface area contributed by atoms with Crippen molar-refractivity contribution in [2.24, 2.45) is 0 Å². The fraction of sp³-hybridized carbons (Fsp3) is 0.300.